The van der Waals surface area contributed by atoms with Gasteiger partial charge in [0.2, 0.25) is 0 Å². The number of piperazine rings is 1. The molecule has 0 bridgehead atoms. The molecule has 1 aliphatic heterocycles. The van der Waals surface area contributed by atoms with Gasteiger partial charge in [-0.3, -0.25) is 13.9 Å². The Hall–Kier alpha value is -1.99. The zero-order chi connectivity index (χ0) is 17.1. The van der Waals surface area contributed by atoms with Crippen LogP contribution in [0.2, 0.25) is 0 Å². The fraction of sp³-hybridized carbons (Fsp3) is 0.412. The average Bonchev–Trinajstić information content (AvgIpc) is 3.00. The summed E-state index contributed by atoms with van der Waals surface area (Å²) in [6, 6.07) is 8.96. The fourth-order valence-electron chi connectivity index (χ4n) is 2.79. The van der Waals surface area contributed by atoms with Crippen molar-refractivity contribution < 1.29 is 13.5 Å². The molecule has 128 valence electrons. The largest absolute Gasteiger partial charge is 0.360 e. The maximum Gasteiger partial charge on any atom is 0.253 e. The molecule has 1 aromatic heterocycles. The van der Waals surface area contributed by atoms with Gasteiger partial charge in [-0.1, -0.05) is 5.16 Å². The second-order valence-electron chi connectivity index (χ2n) is 5.98. The quantitative estimate of drug-likeness (QED) is 0.842. The second-order valence-corrected chi connectivity index (χ2v) is 7.36. The molecular weight excluding hydrogens is 326 g/mol. The lowest BCUT2D eigenvalue weighted by Crippen LogP contribution is -2.48. The highest BCUT2D eigenvalue weighted by atomic mass is 32.2. The Morgan fingerprint density at radius 1 is 1.21 bits per heavy atom. The van der Waals surface area contributed by atoms with Crippen molar-refractivity contribution in [2.75, 3.05) is 32.4 Å². The van der Waals surface area contributed by atoms with Crippen LogP contribution in [-0.4, -0.2) is 57.5 Å². The number of carbonyl (C=O) groups excluding carboxylic acids is 1. The van der Waals surface area contributed by atoms with Gasteiger partial charge in [0.25, 0.3) is 5.91 Å². The summed E-state index contributed by atoms with van der Waals surface area (Å²) in [4.78, 5) is 17.4. The average molecular weight is 347 g/mol. The third-order valence-electron chi connectivity index (χ3n) is 4.15. The summed E-state index contributed by atoms with van der Waals surface area (Å²) in [7, 11) is -1.02. The van der Waals surface area contributed by atoms with E-state index in [4.69, 9.17) is 4.52 Å². The third-order valence-corrected chi connectivity index (χ3v) is 5.08. The summed E-state index contributed by atoms with van der Waals surface area (Å²) in [5.74, 6) is 0.883. The smallest absolute Gasteiger partial charge is 0.253 e. The molecule has 1 aliphatic rings. The maximum atomic E-state index is 12.6. The van der Waals surface area contributed by atoms with Crippen molar-refractivity contribution in [2.24, 2.45) is 0 Å². The van der Waals surface area contributed by atoms with E-state index in [1.54, 1.807) is 30.5 Å². The molecule has 6 nitrogen and oxygen atoms in total. The minimum atomic E-state index is -1.02. The lowest BCUT2D eigenvalue weighted by atomic mass is 10.2. The number of hydrogen-bond acceptors (Lipinski definition) is 5. The summed E-state index contributed by atoms with van der Waals surface area (Å²) in [6.07, 6.45) is 1.63. The molecule has 0 N–H and O–H groups in total. The molecule has 0 aliphatic carbocycles. The second kappa shape index (κ2) is 7.27. The number of aromatic nitrogens is 1. The van der Waals surface area contributed by atoms with Gasteiger partial charge in [-0.2, -0.15) is 0 Å². The molecule has 7 heteroatoms. The first-order chi connectivity index (χ1) is 11.5. The van der Waals surface area contributed by atoms with Gasteiger partial charge >= 0.3 is 0 Å². The Morgan fingerprint density at radius 2 is 1.88 bits per heavy atom. The highest BCUT2D eigenvalue weighted by Gasteiger charge is 2.23. The number of carbonyl (C=O) groups is 1. The molecule has 1 amide bonds. The predicted octanol–water partition coefficient (Wildman–Crippen LogP) is 1.68. The molecular formula is C17H21N3O3S. The van der Waals surface area contributed by atoms with Gasteiger partial charge in [-0.05, 0) is 31.2 Å². The van der Waals surface area contributed by atoms with Gasteiger partial charge in [0.05, 0.1) is 12.2 Å². The van der Waals surface area contributed by atoms with E-state index in [-0.39, 0.29) is 5.91 Å². The molecule has 1 aromatic carbocycles. The molecule has 0 unspecified atom stereocenters. The fourth-order valence-corrected chi connectivity index (χ4v) is 3.31. The van der Waals surface area contributed by atoms with Crippen LogP contribution in [0.15, 0.2) is 39.8 Å². The van der Waals surface area contributed by atoms with Crippen LogP contribution in [-0.2, 0) is 17.3 Å². The van der Waals surface area contributed by atoms with Crippen molar-refractivity contribution in [1.82, 2.24) is 15.0 Å². The first-order valence-electron chi connectivity index (χ1n) is 7.90. The topological polar surface area (TPSA) is 66.7 Å². The van der Waals surface area contributed by atoms with Gasteiger partial charge in [0.1, 0.15) is 0 Å². The molecule has 0 spiro atoms. The Kier molecular flexibility index (Phi) is 5.11. The summed E-state index contributed by atoms with van der Waals surface area (Å²) in [6.45, 7) is 5.62. The predicted molar refractivity (Wildman–Crippen MR) is 91.2 cm³/mol. The van der Waals surface area contributed by atoms with E-state index >= 15 is 0 Å². The van der Waals surface area contributed by atoms with E-state index in [1.807, 2.05) is 17.9 Å². The number of nitrogens with zero attached hydrogens (tertiary/aromatic N) is 3. The highest BCUT2D eigenvalue weighted by molar-refractivity contribution is 7.84. The Balaban J connectivity index is 1.55. The molecule has 3 rings (SSSR count). The van der Waals surface area contributed by atoms with Gasteiger partial charge in [-0.15, -0.1) is 0 Å². The normalized spacial score (nSPS) is 17.0. The number of rotatable bonds is 4. The van der Waals surface area contributed by atoms with Gasteiger partial charge in [0, 0.05) is 59.8 Å². The standard InChI is InChI=1S/C17H21N3O3S/c1-13-11-15(23-18-13)12-19-7-9-20(10-8-19)17(21)14-3-5-16(6-4-14)24(2)22/h3-6,11H,7-10,12H2,1-2H3/t24-/m0/s1. The minimum Gasteiger partial charge on any atom is -0.360 e. The van der Waals surface area contributed by atoms with Crippen LogP contribution >= 0.6 is 0 Å². The molecule has 2 aromatic rings. The van der Waals surface area contributed by atoms with Gasteiger partial charge in [0.15, 0.2) is 5.76 Å². The number of hydrogen-bond donors (Lipinski definition) is 0. The summed E-state index contributed by atoms with van der Waals surface area (Å²) >= 11 is 0. The maximum absolute atomic E-state index is 12.6. The van der Waals surface area contributed by atoms with Gasteiger partial charge in [-0.25, -0.2) is 0 Å². The van der Waals surface area contributed by atoms with E-state index in [2.05, 4.69) is 10.1 Å². The lowest BCUT2D eigenvalue weighted by molar-refractivity contribution is 0.0617. The Morgan fingerprint density at radius 3 is 2.42 bits per heavy atom. The SMILES string of the molecule is Cc1cc(CN2CCN(C(=O)c3ccc([S@](C)=O)cc3)CC2)on1. The molecule has 24 heavy (non-hydrogen) atoms. The van der Waals surface area contributed by atoms with Crippen LogP contribution in [0.1, 0.15) is 21.8 Å². The Bertz CT molecular complexity index is 734. The van der Waals surface area contributed by atoms with E-state index in [0.717, 1.165) is 36.0 Å². The Labute approximate surface area is 143 Å². The van der Waals surface area contributed by atoms with Crippen LogP contribution in [0.4, 0.5) is 0 Å². The molecule has 1 fully saturated rings. The molecule has 0 saturated carbocycles. The summed E-state index contributed by atoms with van der Waals surface area (Å²) in [5, 5.41) is 3.90. The lowest BCUT2D eigenvalue weighted by Gasteiger charge is -2.34. The van der Waals surface area contributed by atoms with Crippen molar-refractivity contribution in [3.05, 3.63) is 47.3 Å². The number of benzene rings is 1. The monoisotopic (exact) mass is 347 g/mol. The zero-order valence-electron chi connectivity index (χ0n) is 13.9. The van der Waals surface area contributed by atoms with Crippen LogP contribution in [0, 0.1) is 6.92 Å². The van der Waals surface area contributed by atoms with E-state index in [1.165, 1.54) is 0 Å². The molecule has 0 radical (unpaired) electrons. The van der Waals surface area contributed by atoms with E-state index in [9.17, 15) is 9.00 Å². The van der Waals surface area contributed by atoms with Crippen molar-refractivity contribution in [2.45, 2.75) is 18.4 Å². The third kappa shape index (κ3) is 3.91. The molecule has 1 atom stereocenters. The van der Waals surface area contributed by atoms with Crippen LogP contribution in [0.5, 0.6) is 0 Å². The number of amides is 1. The van der Waals surface area contributed by atoms with E-state index in [0.29, 0.717) is 18.7 Å². The summed E-state index contributed by atoms with van der Waals surface area (Å²) in [5.41, 5.74) is 1.53. The van der Waals surface area contributed by atoms with Crippen molar-refractivity contribution >= 4 is 16.7 Å². The molecule has 2 heterocycles. The zero-order valence-corrected chi connectivity index (χ0v) is 14.7. The van der Waals surface area contributed by atoms with Gasteiger partial charge < -0.3 is 9.42 Å². The van der Waals surface area contributed by atoms with Crippen LogP contribution in [0.3, 0.4) is 0 Å². The van der Waals surface area contributed by atoms with Crippen molar-refractivity contribution in [1.29, 1.82) is 0 Å². The van der Waals surface area contributed by atoms with Crippen molar-refractivity contribution in [3.8, 4) is 0 Å². The van der Waals surface area contributed by atoms with E-state index < -0.39 is 10.8 Å². The highest BCUT2D eigenvalue weighted by Crippen LogP contribution is 2.14. The van der Waals surface area contributed by atoms with Crippen LogP contribution < -0.4 is 0 Å². The first kappa shape index (κ1) is 16.9. The van der Waals surface area contributed by atoms with Crippen molar-refractivity contribution in [3.63, 3.8) is 0 Å². The number of aryl methyl sites for hydroxylation is 1. The minimum absolute atomic E-state index is 0.0265. The van der Waals surface area contributed by atoms with Crippen LogP contribution in [0.25, 0.3) is 0 Å². The summed E-state index contributed by atoms with van der Waals surface area (Å²) < 4.78 is 16.7. The molecule has 1 saturated heterocycles. The first-order valence-corrected chi connectivity index (χ1v) is 9.46.